The molecule has 1 rings (SSSR count). The highest BCUT2D eigenvalue weighted by Crippen LogP contribution is 2.11. The molecule has 1 aromatic carbocycles. The third-order valence-corrected chi connectivity index (χ3v) is 1.91. The molecule has 0 radical (unpaired) electrons. The first-order chi connectivity index (χ1) is 6.22. The molecule has 1 atom stereocenters. The van der Waals surface area contributed by atoms with Crippen LogP contribution in [-0.2, 0) is 6.42 Å². The van der Waals surface area contributed by atoms with Crippen molar-refractivity contribution in [3.63, 3.8) is 0 Å². The van der Waals surface area contributed by atoms with Gasteiger partial charge in [-0.25, -0.2) is 0 Å². The lowest BCUT2D eigenvalue weighted by Crippen LogP contribution is -2.12. The molecule has 0 fully saturated rings. The number of phenols is 1. The molecule has 3 heteroatoms. The van der Waals surface area contributed by atoms with Crippen molar-refractivity contribution in [2.24, 2.45) is 0 Å². The second-order valence-corrected chi connectivity index (χ2v) is 3.04. The highest BCUT2D eigenvalue weighted by Gasteiger charge is 2.01. The lowest BCUT2D eigenvalue weighted by molar-refractivity contribution is 0.0886. The fraction of sp³-hybridized carbons (Fsp3) is 0.400. The molecule has 0 aliphatic rings. The van der Waals surface area contributed by atoms with Crippen LogP contribution in [0.2, 0.25) is 0 Å². The number of hydrogen-bond acceptors (Lipinski definition) is 3. The summed E-state index contributed by atoms with van der Waals surface area (Å²) in [5.74, 6) is 0.242. The largest absolute Gasteiger partial charge is 0.508 e. The van der Waals surface area contributed by atoms with Gasteiger partial charge in [0.05, 0.1) is 12.7 Å². The van der Waals surface area contributed by atoms with E-state index in [0.717, 1.165) is 5.56 Å². The Labute approximate surface area is 77.3 Å². The normalized spacial score (nSPS) is 12.8. The first kappa shape index (κ1) is 10.0. The second-order valence-electron chi connectivity index (χ2n) is 3.04. The third-order valence-electron chi connectivity index (χ3n) is 1.91. The Balaban J connectivity index is 2.41. The zero-order chi connectivity index (χ0) is 9.68. The van der Waals surface area contributed by atoms with Crippen molar-refractivity contribution in [2.45, 2.75) is 18.9 Å². The topological polar surface area (TPSA) is 60.7 Å². The summed E-state index contributed by atoms with van der Waals surface area (Å²) < 4.78 is 0. The number of aromatic hydroxyl groups is 1. The molecule has 3 nitrogen and oxygen atoms in total. The van der Waals surface area contributed by atoms with Crippen molar-refractivity contribution in [3.8, 4) is 5.75 Å². The molecule has 1 aromatic rings. The summed E-state index contributed by atoms with van der Waals surface area (Å²) in [6.07, 6.45) is 0.609. The molecule has 1 unspecified atom stereocenters. The maximum Gasteiger partial charge on any atom is 0.115 e. The standard InChI is InChI=1S/C10H14O3/c11-7-10(13)6-3-8-1-4-9(12)5-2-8/h1-2,4-5,10-13H,3,6-7H2. The second kappa shape index (κ2) is 4.84. The van der Waals surface area contributed by atoms with E-state index < -0.39 is 6.10 Å². The maximum absolute atomic E-state index is 9.07. The van der Waals surface area contributed by atoms with Crippen LogP contribution < -0.4 is 0 Å². The molecule has 0 saturated carbocycles. The molecule has 0 aromatic heterocycles. The van der Waals surface area contributed by atoms with Crippen LogP contribution in [0.4, 0.5) is 0 Å². The molecule has 0 saturated heterocycles. The van der Waals surface area contributed by atoms with E-state index >= 15 is 0 Å². The highest BCUT2D eigenvalue weighted by atomic mass is 16.3. The van der Waals surface area contributed by atoms with E-state index in [1.54, 1.807) is 24.3 Å². The molecule has 13 heavy (non-hydrogen) atoms. The molecule has 0 aliphatic carbocycles. The van der Waals surface area contributed by atoms with Crippen LogP contribution in [0.15, 0.2) is 24.3 Å². The van der Waals surface area contributed by atoms with Gasteiger partial charge < -0.3 is 15.3 Å². The Morgan fingerprint density at radius 1 is 1.15 bits per heavy atom. The predicted molar refractivity (Wildman–Crippen MR) is 49.5 cm³/mol. The molecule has 3 N–H and O–H groups in total. The summed E-state index contributed by atoms with van der Waals surface area (Å²) in [6, 6.07) is 6.83. The Morgan fingerprint density at radius 3 is 2.31 bits per heavy atom. The van der Waals surface area contributed by atoms with Crippen LogP contribution in [0.1, 0.15) is 12.0 Å². The van der Waals surface area contributed by atoms with Gasteiger partial charge in [-0.15, -0.1) is 0 Å². The van der Waals surface area contributed by atoms with E-state index in [1.807, 2.05) is 0 Å². The van der Waals surface area contributed by atoms with Crippen LogP contribution in [0.5, 0.6) is 5.75 Å². The number of benzene rings is 1. The van der Waals surface area contributed by atoms with Crippen molar-refractivity contribution >= 4 is 0 Å². The monoisotopic (exact) mass is 182 g/mol. The quantitative estimate of drug-likeness (QED) is 0.641. The van der Waals surface area contributed by atoms with Gasteiger partial charge in [-0.1, -0.05) is 12.1 Å². The number of hydrogen-bond donors (Lipinski definition) is 3. The zero-order valence-electron chi connectivity index (χ0n) is 7.35. The van der Waals surface area contributed by atoms with E-state index in [9.17, 15) is 0 Å². The first-order valence-corrected chi connectivity index (χ1v) is 4.29. The molecular formula is C10H14O3. The molecule has 0 spiro atoms. The summed E-state index contributed by atoms with van der Waals surface area (Å²) >= 11 is 0. The number of aryl methyl sites for hydroxylation is 1. The molecule has 0 heterocycles. The fourth-order valence-corrected chi connectivity index (χ4v) is 1.09. The smallest absolute Gasteiger partial charge is 0.115 e. The summed E-state index contributed by atoms with van der Waals surface area (Å²) in [6.45, 7) is -0.196. The number of rotatable bonds is 4. The van der Waals surface area contributed by atoms with Gasteiger partial charge in [0.1, 0.15) is 5.75 Å². The van der Waals surface area contributed by atoms with Gasteiger partial charge in [0, 0.05) is 0 Å². The van der Waals surface area contributed by atoms with Gasteiger partial charge in [0.15, 0.2) is 0 Å². The van der Waals surface area contributed by atoms with E-state index in [2.05, 4.69) is 0 Å². The first-order valence-electron chi connectivity index (χ1n) is 4.29. The number of aliphatic hydroxyl groups excluding tert-OH is 2. The van der Waals surface area contributed by atoms with Crippen molar-refractivity contribution in [1.82, 2.24) is 0 Å². The molecule has 72 valence electrons. The Bertz CT molecular complexity index is 243. The Morgan fingerprint density at radius 2 is 1.77 bits per heavy atom. The number of phenolic OH excluding ortho intramolecular Hbond substituents is 1. The molecular weight excluding hydrogens is 168 g/mol. The van der Waals surface area contributed by atoms with E-state index in [0.29, 0.717) is 12.8 Å². The lowest BCUT2D eigenvalue weighted by Gasteiger charge is -2.06. The van der Waals surface area contributed by atoms with Crippen molar-refractivity contribution < 1.29 is 15.3 Å². The minimum Gasteiger partial charge on any atom is -0.508 e. The van der Waals surface area contributed by atoms with Gasteiger partial charge >= 0.3 is 0 Å². The highest BCUT2D eigenvalue weighted by molar-refractivity contribution is 5.25. The SMILES string of the molecule is OCC(O)CCc1ccc(O)cc1. The molecule has 0 amide bonds. The van der Waals surface area contributed by atoms with Gasteiger partial charge in [-0.2, -0.15) is 0 Å². The van der Waals surface area contributed by atoms with Gasteiger partial charge in [-0.3, -0.25) is 0 Å². The van der Waals surface area contributed by atoms with Gasteiger partial charge in [0.25, 0.3) is 0 Å². The summed E-state index contributed by atoms with van der Waals surface area (Å²) in [7, 11) is 0. The Hall–Kier alpha value is -1.06. The Kier molecular flexibility index (Phi) is 3.73. The van der Waals surface area contributed by atoms with Crippen LogP contribution in [0, 0.1) is 0 Å². The van der Waals surface area contributed by atoms with Gasteiger partial charge in [-0.05, 0) is 30.5 Å². The van der Waals surface area contributed by atoms with E-state index in [4.69, 9.17) is 15.3 Å². The van der Waals surface area contributed by atoms with Crippen LogP contribution in [-0.4, -0.2) is 28.0 Å². The average Bonchev–Trinajstić information content (AvgIpc) is 2.16. The van der Waals surface area contributed by atoms with Gasteiger partial charge in [0.2, 0.25) is 0 Å². The van der Waals surface area contributed by atoms with Crippen molar-refractivity contribution in [1.29, 1.82) is 0 Å². The van der Waals surface area contributed by atoms with Crippen molar-refractivity contribution in [2.75, 3.05) is 6.61 Å². The van der Waals surface area contributed by atoms with Crippen LogP contribution >= 0.6 is 0 Å². The van der Waals surface area contributed by atoms with Crippen molar-refractivity contribution in [3.05, 3.63) is 29.8 Å². The minimum atomic E-state index is -0.645. The number of aliphatic hydroxyl groups is 2. The summed E-state index contributed by atoms with van der Waals surface area (Å²) in [5.41, 5.74) is 1.05. The average molecular weight is 182 g/mol. The summed E-state index contributed by atoms with van der Waals surface area (Å²) in [4.78, 5) is 0. The molecule has 0 aliphatic heterocycles. The third kappa shape index (κ3) is 3.44. The molecule has 0 bridgehead atoms. The zero-order valence-corrected chi connectivity index (χ0v) is 7.35. The van der Waals surface area contributed by atoms with E-state index in [-0.39, 0.29) is 12.4 Å². The maximum atomic E-state index is 9.07. The summed E-state index contributed by atoms with van der Waals surface area (Å²) in [5, 5.41) is 26.6. The lowest BCUT2D eigenvalue weighted by atomic mass is 10.1. The predicted octanol–water partition coefficient (Wildman–Crippen LogP) is 0.678. The minimum absolute atomic E-state index is 0.196. The van der Waals surface area contributed by atoms with Crippen LogP contribution in [0.25, 0.3) is 0 Å². The van der Waals surface area contributed by atoms with E-state index in [1.165, 1.54) is 0 Å². The fourth-order valence-electron chi connectivity index (χ4n) is 1.09. The van der Waals surface area contributed by atoms with Crippen LogP contribution in [0.3, 0.4) is 0 Å².